The van der Waals surface area contributed by atoms with E-state index in [1.807, 2.05) is 60.7 Å². The van der Waals surface area contributed by atoms with Crippen molar-refractivity contribution in [3.63, 3.8) is 0 Å². The Balaban J connectivity index is 1.37. The van der Waals surface area contributed by atoms with Crippen molar-refractivity contribution < 1.29 is 28.2 Å². The second kappa shape index (κ2) is 9.45. The van der Waals surface area contributed by atoms with E-state index in [1.165, 1.54) is 12.1 Å². The topological polar surface area (TPSA) is 111 Å². The molecule has 0 saturated carbocycles. The van der Waals surface area contributed by atoms with E-state index >= 15 is 0 Å². The van der Waals surface area contributed by atoms with Crippen LogP contribution in [0, 0.1) is 11.3 Å². The second-order valence-electron chi connectivity index (χ2n) is 7.55. The molecule has 0 saturated heterocycles. The number of hydrogen-bond acceptors (Lipinski definition) is 7. The highest BCUT2D eigenvalue weighted by Crippen LogP contribution is 2.41. The van der Waals surface area contributed by atoms with Gasteiger partial charge in [0, 0.05) is 11.1 Å². The number of nitrogens with one attached hydrogen (secondary N) is 1. The lowest BCUT2D eigenvalue weighted by atomic mass is 9.98. The van der Waals surface area contributed by atoms with Crippen LogP contribution in [0.25, 0.3) is 22.5 Å². The first-order valence-corrected chi connectivity index (χ1v) is 10.7. The van der Waals surface area contributed by atoms with Crippen molar-refractivity contribution in [1.82, 2.24) is 0 Å². The molecule has 1 N–H and O–H groups in total. The summed E-state index contributed by atoms with van der Waals surface area (Å²) >= 11 is 0. The number of ether oxygens (including phenoxy) is 3. The van der Waals surface area contributed by atoms with Gasteiger partial charge < -0.3 is 18.6 Å². The average molecular weight is 466 g/mol. The predicted molar refractivity (Wildman–Crippen MR) is 126 cm³/mol. The van der Waals surface area contributed by atoms with Crippen LogP contribution in [0.3, 0.4) is 0 Å². The van der Waals surface area contributed by atoms with Crippen LogP contribution in [0.5, 0.6) is 11.5 Å². The van der Waals surface area contributed by atoms with Crippen LogP contribution in [0.4, 0.5) is 5.88 Å². The van der Waals surface area contributed by atoms with Gasteiger partial charge >= 0.3 is 5.97 Å². The third-order valence-electron chi connectivity index (χ3n) is 5.31. The summed E-state index contributed by atoms with van der Waals surface area (Å²) in [5.74, 6) is 0.0388. The van der Waals surface area contributed by atoms with Crippen LogP contribution in [0.15, 0.2) is 83.3 Å². The van der Waals surface area contributed by atoms with Gasteiger partial charge in [-0.15, -0.1) is 0 Å². The van der Waals surface area contributed by atoms with E-state index in [9.17, 15) is 14.9 Å². The van der Waals surface area contributed by atoms with E-state index in [0.29, 0.717) is 22.8 Å². The first kappa shape index (κ1) is 21.8. The van der Waals surface area contributed by atoms with Gasteiger partial charge in [-0.3, -0.25) is 10.1 Å². The molecule has 0 fully saturated rings. The Kier molecular flexibility index (Phi) is 5.89. The fourth-order valence-corrected chi connectivity index (χ4v) is 3.70. The zero-order valence-electron chi connectivity index (χ0n) is 18.3. The molecule has 4 aromatic rings. The van der Waals surface area contributed by atoms with Crippen molar-refractivity contribution in [2.24, 2.45) is 0 Å². The third-order valence-corrected chi connectivity index (χ3v) is 5.31. The highest BCUT2D eigenvalue weighted by atomic mass is 16.7. The molecule has 2 heterocycles. The van der Waals surface area contributed by atoms with Gasteiger partial charge in [-0.2, -0.15) is 5.26 Å². The molecular formula is C27H18N2O6. The minimum atomic E-state index is -0.701. The van der Waals surface area contributed by atoms with Gasteiger partial charge in [0.1, 0.15) is 17.4 Å². The average Bonchev–Trinajstić information content (AvgIpc) is 3.52. The molecule has 5 rings (SSSR count). The Morgan fingerprint density at radius 2 is 1.60 bits per heavy atom. The first-order chi connectivity index (χ1) is 17.1. The molecule has 3 aromatic carbocycles. The van der Waals surface area contributed by atoms with Gasteiger partial charge in [0.15, 0.2) is 18.1 Å². The molecule has 1 aromatic heterocycles. The number of anilines is 1. The van der Waals surface area contributed by atoms with E-state index < -0.39 is 18.5 Å². The van der Waals surface area contributed by atoms with Crippen molar-refractivity contribution in [2.75, 3.05) is 18.7 Å². The lowest BCUT2D eigenvalue weighted by molar-refractivity contribution is -0.119. The summed E-state index contributed by atoms with van der Waals surface area (Å²) in [7, 11) is 0. The highest BCUT2D eigenvalue weighted by molar-refractivity contribution is 5.98. The number of nitrogens with zero attached hydrogens (tertiary/aromatic N) is 1. The Hall–Kier alpha value is -5.03. The minimum absolute atomic E-state index is 0.0191. The molecule has 8 nitrogen and oxygen atoms in total. The van der Waals surface area contributed by atoms with Crippen LogP contribution < -0.4 is 14.8 Å². The Morgan fingerprint density at radius 1 is 0.914 bits per heavy atom. The summed E-state index contributed by atoms with van der Waals surface area (Å²) in [5, 5.41) is 12.5. The largest absolute Gasteiger partial charge is 0.454 e. The van der Waals surface area contributed by atoms with Crippen molar-refractivity contribution >= 4 is 17.8 Å². The van der Waals surface area contributed by atoms with Gasteiger partial charge in [0.2, 0.25) is 12.7 Å². The zero-order valence-corrected chi connectivity index (χ0v) is 18.3. The number of amides is 1. The van der Waals surface area contributed by atoms with Crippen LogP contribution in [0.2, 0.25) is 0 Å². The summed E-state index contributed by atoms with van der Waals surface area (Å²) in [6.45, 7) is -0.489. The van der Waals surface area contributed by atoms with Crippen molar-refractivity contribution in [2.45, 2.75) is 0 Å². The Bertz CT molecular complexity index is 1440. The molecule has 8 heteroatoms. The van der Waals surface area contributed by atoms with E-state index in [4.69, 9.17) is 18.6 Å². The molecule has 0 radical (unpaired) electrons. The number of nitriles is 1. The Labute approximate surface area is 200 Å². The number of hydrogen-bond donors (Lipinski definition) is 1. The van der Waals surface area contributed by atoms with Crippen molar-refractivity contribution in [1.29, 1.82) is 5.26 Å². The summed E-state index contributed by atoms with van der Waals surface area (Å²) in [4.78, 5) is 25.0. The molecule has 1 aliphatic heterocycles. The Morgan fingerprint density at radius 3 is 2.31 bits per heavy atom. The lowest BCUT2D eigenvalue weighted by Crippen LogP contribution is -2.21. The van der Waals surface area contributed by atoms with Gasteiger partial charge in [-0.25, -0.2) is 4.79 Å². The van der Waals surface area contributed by atoms with E-state index in [1.54, 1.807) is 6.07 Å². The quantitative estimate of drug-likeness (QED) is 0.398. The van der Waals surface area contributed by atoms with Crippen molar-refractivity contribution in [3.05, 3.63) is 90.0 Å². The van der Waals surface area contributed by atoms with Gasteiger partial charge in [0.25, 0.3) is 5.91 Å². The normalized spacial score (nSPS) is 11.5. The van der Waals surface area contributed by atoms with E-state index in [0.717, 1.165) is 11.1 Å². The molecule has 1 amide bonds. The van der Waals surface area contributed by atoms with Crippen LogP contribution >= 0.6 is 0 Å². The van der Waals surface area contributed by atoms with Crippen molar-refractivity contribution in [3.8, 4) is 40.0 Å². The fraction of sp³-hybridized carbons (Fsp3) is 0.0741. The summed E-state index contributed by atoms with van der Waals surface area (Å²) in [5.41, 5.74) is 2.46. The highest BCUT2D eigenvalue weighted by Gasteiger charge is 2.25. The lowest BCUT2D eigenvalue weighted by Gasteiger charge is -2.06. The molecule has 0 aliphatic carbocycles. The molecule has 35 heavy (non-hydrogen) atoms. The zero-order chi connectivity index (χ0) is 24.2. The van der Waals surface area contributed by atoms with E-state index in [2.05, 4.69) is 11.4 Å². The maximum atomic E-state index is 12.6. The summed E-state index contributed by atoms with van der Waals surface area (Å²) in [6.07, 6.45) is 0. The minimum Gasteiger partial charge on any atom is -0.454 e. The SMILES string of the molecule is N#Cc1c(NC(=O)COC(=O)c2ccc3c(c2)OCO3)oc(-c2ccccc2)c1-c1ccccc1. The van der Waals surface area contributed by atoms with Crippen LogP contribution in [0.1, 0.15) is 15.9 Å². The molecule has 172 valence electrons. The standard InChI is InChI=1S/C27H18N2O6/c28-14-20-24(17-7-3-1-4-8-17)25(18-9-5-2-6-10-18)35-26(20)29-23(30)15-32-27(31)19-11-12-21-22(13-19)34-16-33-21/h1-13H,15-16H2,(H,29,30). The molecule has 1 aliphatic rings. The number of carbonyl (C=O) groups excluding carboxylic acids is 2. The molecule has 0 bridgehead atoms. The maximum Gasteiger partial charge on any atom is 0.338 e. The number of carbonyl (C=O) groups is 2. The monoisotopic (exact) mass is 466 g/mol. The smallest absolute Gasteiger partial charge is 0.338 e. The van der Waals surface area contributed by atoms with Gasteiger partial charge in [0.05, 0.1) is 5.56 Å². The van der Waals surface area contributed by atoms with Gasteiger partial charge in [-0.1, -0.05) is 60.7 Å². The number of rotatable bonds is 6. The molecule has 0 spiro atoms. The van der Waals surface area contributed by atoms with Gasteiger partial charge in [-0.05, 0) is 23.8 Å². The molecule has 0 atom stereocenters. The number of benzene rings is 3. The predicted octanol–water partition coefficient (Wildman–Crippen LogP) is 5.01. The maximum absolute atomic E-state index is 12.6. The summed E-state index contributed by atoms with van der Waals surface area (Å²) in [6, 6.07) is 25.3. The fourth-order valence-electron chi connectivity index (χ4n) is 3.70. The van der Waals surface area contributed by atoms with Crippen LogP contribution in [-0.2, 0) is 9.53 Å². The third kappa shape index (κ3) is 4.43. The second-order valence-corrected chi connectivity index (χ2v) is 7.55. The van der Waals surface area contributed by atoms with E-state index in [-0.39, 0.29) is 23.8 Å². The molecular weight excluding hydrogens is 448 g/mol. The number of fused-ring (bicyclic) bond motifs is 1. The molecule has 0 unspecified atom stereocenters. The van der Waals surface area contributed by atoms with Crippen LogP contribution in [-0.4, -0.2) is 25.3 Å². The number of esters is 1. The first-order valence-electron chi connectivity index (χ1n) is 10.7. The summed E-state index contributed by atoms with van der Waals surface area (Å²) < 4.78 is 21.6. The number of furan rings is 1.